The Balaban J connectivity index is 2.61. The normalized spacial score (nSPS) is 10.5. The van der Waals surface area contributed by atoms with E-state index >= 15 is 0 Å². The van der Waals surface area contributed by atoms with Crippen molar-refractivity contribution in [2.24, 2.45) is 5.73 Å². The zero-order valence-corrected chi connectivity index (χ0v) is 10.3. The Labute approximate surface area is 108 Å². The largest absolute Gasteiger partial charge is 0.368 e. The summed E-state index contributed by atoms with van der Waals surface area (Å²) in [4.78, 5) is 21.6. The van der Waals surface area contributed by atoms with Crippen LogP contribution in [0.3, 0.4) is 0 Å². The molecular formula is C11H10Cl2N2O2. The van der Waals surface area contributed by atoms with Crippen LogP contribution in [0, 0.1) is 0 Å². The summed E-state index contributed by atoms with van der Waals surface area (Å²) in [5.41, 5.74) is 5.60. The second-order valence-electron chi connectivity index (χ2n) is 3.19. The van der Waals surface area contributed by atoms with E-state index < -0.39 is 11.8 Å². The summed E-state index contributed by atoms with van der Waals surface area (Å²) in [5, 5.41) is 3.17. The second-order valence-corrected chi connectivity index (χ2v) is 4.01. The average molecular weight is 273 g/mol. The van der Waals surface area contributed by atoms with Gasteiger partial charge in [-0.25, -0.2) is 0 Å². The summed E-state index contributed by atoms with van der Waals surface area (Å²) < 4.78 is 0. The molecule has 0 bridgehead atoms. The van der Waals surface area contributed by atoms with Crippen LogP contribution in [-0.4, -0.2) is 18.4 Å². The number of carbonyl (C=O) groups is 2. The van der Waals surface area contributed by atoms with E-state index in [0.717, 1.165) is 5.56 Å². The summed E-state index contributed by atoms with van der Waals surface area (Å²) in [7, 11) is 0. The minimum atomic E-state index is -0.596. The van der Waals surface area contributed by atoms with Gasteiger partial charge in [-0.15, -0.1) is 0 Å². The number of amides is 2. The van der Waals surface area contributed by atoms with Gasteiger partial charge in [0.05, 0.1) is 16.6 Å². The van der Waals surface area contributed by atoms with Crippen LogP contribution in [-0.2, 0) is 9.59 Å². The van der Waals surface area contributed by atoms with Gasteiger partial charge >= 0.3 is 0 Å². The molecule has 2 amide bonds. The molecule has 0 saturated carbocycles. The highest BCUT2D eigenvalue weighted by atomic mass is 35.5. The maximum Gasteiger partial charge on any atom is 0.244 e. The van der Waals surface area contributed by atoms with Gasteiger partial charge in [0.15, 0.2) is 0 Å². The third-order valence-electron chi connectivity index (χ3n) is 1.81. The molecule has 0 fully saturated rings. The Morgan fingerprint density at radius 2 is 2.00 bits per heavy atom. The van der Waals surface area contributed by atoms with Gasteiger partial charge in [-0.1, -0.05) is 29.3 Å². The lowest BCUT2D eigenvalue weighted by atomic mass is 10.2. The topological polar surface area (TPSA) is 72.2 Å². The van der Waals surface area contributed by atoms with Gasteiger partial charge in [-0.3, -0.25) is 9.59 Å². The number of benzene rings is 1. The number of carbonyl (C=O) groups excluding carboxylic acids is 2. The predicted molar refractivity (Wildman–Crippen MR) is 67.7 cm³/mol. The van der Waals surface area contributed by atoms with E-state index in [0.29, 0.717) is 10.0 Å². The van der Waals surface area contributed by atoms with Crippen LogP contribution in [0.5, 0.6) is 0 Å². The van der Waals surface area contributed by atoms with E-state index in [-0.39, 0.29) is 6.54 Å². The standard InChI is InChI=1S/C11H10Cl2N2O2/c12-8-3-1-7(5-9(8)13)2-4-11(17)15-6-10(14)16/h1-5H,6H2,(H2,14,16)(H,15,17)/b4-2+. The summed E-state index contributed by atoms with van der Waals surface area (Å²) in [5.74, 6) is -1.00. The molecule has 6 heteroatoms. The molecule has 0 radical (unpaired) electrons. The minimum absolute atomic E-state index is 0.190. The van der Waals surface area contributed by atoms with Gasteiger partial charge in [0, 0.05) is 6.08 Å². The summed E-state index contributed by atoms with van der Waals surface area (Å²) >= 11 is 11.5. The van der Waals surface area contributed by atoms with Crippen molar-refractivity contribution in [2.45, 2.75) is 0 Å². The quantitative estimate of drug-likeness (QED) is 0.818. The van der Waals surface area contributed by atoms with Crippen LogP contribution in [0.1, 0.15) is 5.56 Å². The molecule has 0 aromatic heterocycles. The van der Waals surface area contributed by atoms with E-state index in [1.165, 1.54) is 6.08 Å². The SMILES string of the molecule is NC(=O)CNC(=O)/C=C/c1ccc(Cl)c(Cl)c1. The highest BCUT2D eigenvalue weighted by molar-refractivity contribution is 6.42. The molecule has 0 aliphatic rings. The fourth-order valence-corrected chi connectivity index (χ4v) is 1.33. The van der Waals surface area contributed by atoms with Gasteiger partial charge in [0.1, 0.15) is 0 Å². The minimum Gasteiger partial charge on any atom is -0.368 e. The first-order valence-electron chi connectivity index (χ1n) is 4.68. The summed E-state index contributed by atoms with van der Waals surface area (Å²) in [6, 6.07) is 4.97. The molecule has 4 nitrogen and oxygen atoms in total. The Morgan fingerprint density at radius 1 is 1.29 bits per heavy atom. The molecule has 0 aliphatic heterocycles. The van der Waals surface area contributed by atoms with E-state index in [9.17, 15) is 9.59 Å². The molecule has 1 aromatic carbocycles. The molecule has 17 heavy (non-hydrogen) atoms. The number of primary amides is 1. The van der Waals surface area contributed by atoms with Crippen LogP contribution in [0.2, 0.25) is 10.0 Å². The Kier molecular flexibility index (Phi) is 5.00. The van der Waals surface area contributed by atoms with Crippen molar-refractivity contribution >= 4 is 41.1 Å². The fourth-order valence-electron chi connectivity index (χ4n) is 1.02. The fraction of sp³-hybridized carbons (Fsp3) is 0.0909. The Bertz CT molecular complexity index is 473. The number of rotatable bonds is 4. The maximum absolute atomic E-state index is 11.2. The van der Waals surface area contributed by atoms with Crippen molar-refractivity contribution in [3.05, 3.63) is 39.9 Å². The zero-order valence-electron chi connectivity index (χ0n) is 8.74. The third-order valence-corrected chi connectivity index (χ3v) is 2.55. The van der Waals surface area contributed by atoms with Gasteiger partial charge < -0.3 is 11.1 Å². The van der Waals surface area contributed by atoms with Crippen LogP contribution in [0.15, 0.2) is 24.3 Å². The molecule has 3 N–H and O–H groups in total. The number of hydrogen-bond acceptors (Lipinski definition) is 2. The first-order valence-corrected chi connectivity index (χ1v) is 5.44. The Hall–Kier alpha value is -1.52. The average Bonchev–Trinajstić information content (AvgIpc) is 2.28. The lowest BCUT2D eigenvalue weighted by molar-refractivity contribution is -0.122. The molecule has 0 atom stereocenters. The monoisotopic (exact) mass is 272 g/mol. The molecule has 1 rings (SSSR count). The first-order chi connectivity index (χ1) is 7.99. The van der Waals surface area contributed by atoms with Crippen molar-refractivity contribution in [3.63, 3.8) is 0 Å². The van der Waals surface area contributed by atoms with Gasteiger partial charge in [0.25, 0.3) is 0 Å². The van der Waals surface area contributed by atoms with E-state index in [1.807, 2.05) is 0 Å². The number of nitrogens with two attached hydrogens (primary N) is 1. The van der Waals surface area contributed by atoms with E-state index in [1.54, 1.807) is 24.3 Å². The summed E-state index contributed by atoms with van der Waals surface area (Å²) in [6.07, 6.45) is 2.83. The highest BCUT2D eigenvalue weighted by Gasteiger charge is 1.99. The number of hydrogen-bond donors (Lipinski definition) is 2. The first kappa shape index (κ1) is 13.5. The summed E-state index contributed by atoms with van der Waals surface area (Å²) in [6.45, 7) is -0.190. The lowest BCUT2D eigenvalue weighted by Crippen LogP contribution is -2.32. The second kappa shape index (κ2) is 6.27. The number of halogens is 2. The van der Waals surface area contributed by atoms with Crippen LogP contribution >= 0.6 is 23.2 Å². The molecule has 0 unspecified atom stereocenters. The molecule has 0 saturated heterocycles. The Morgan fingerprint density at radius 3 is 2.59 bits per heavy atom. The molecule has 0 aliphatic carbocycles. The van der Waals surface area contributed by atoms with Crippen molar-refractivity contribution in [2.75, 3.05) is 6.54 Å². The molecular weight excluding hydrogens is 263 g/mol. The van der Waals surface area contributed by atoms with Crippen molar-refractivity contribution in [1.82, 2.24) is 5.32 Å². The van der Waals surface area contributed by atoms with Crippen LogP contribution in [0.25, 0.3) is 6.08 Å². The highest BCUT2D eigenvalue weighted by Crippen LogP contribution is 2.22. The predicted octanol–water partition coefficient (Wildman–Crippen LogP) is 1.61. The van der Waals surface area contributed by atoms with E-state index in [4.69, 9.17) is 28.9 Å². The lowest BCUT2D eigenvalue weighted by Gasteiger charge is -1.98. The number of nitrogens with one attached hydrogen (secondary N) is 1. The molecule has 1 aromatic rings. The zero-order chi connectivity index (χ0) is 12.8. The molecule has 0 heterocycles. The van der Waals surface area contributed by atoms with Gasteiger partial charge in [0.2, 0.25) is 11.8 Å². The van der Waals surface area contributed by atoms with Crippen molar-refractivity contribution in [3.8, 4) is 0 Å². The van der Waals surface area contributed by atoms with Gasteiger partial charge in [-0.2, -0.15) is 0 Å². The van der Waals surface area contributed by atoms with Crippen LogP contribution < -0.4 is 11.1 Å². The smallest absolute Gasteiger partial charge is 0.244 e. The molecule has 90 valence electrons. The van der Waals surface area contributed by atoms with Crippen LogP contribution in [0.4, 0.5) is 0 Å². The van der Waals surface area contributed by atoms with Crippen molar-refractivity contribution in [1.29, 1.82) is 0 Å². The van der Waals surface area contributed by atoms with Gasteiger partial charge in [-0.05, 0) is 23.8 Å². The maximum atomic E-state index is 11.2. The third kappa shape index (κ3) is 4.89. The van der Waals surface area contributed by atoms with Crippen molar-refractivity contribution < 1.29 is 9.59 Å². The molecule has 0 spiro atoms. The van der Waals surface area contributed by atoms with E-state index in [2.05, 4.69) is 5.32 Å².